The molecule has 0 aliphatic rings. The van der Waals surface area contributed by atoms with Gasteiger partial charge < -0.3 is 4.52 Å². The van der Waals surface area contributed by atoms with Crippen molar-refractivity contribution < 1.29 is 4.52 Å². The van der Waals surface area contributed by atoms with E-state index in [1.165, 1.54) is 11.1 Å². The average Bonchev–Trinajstić information content (AvgIpc) is 2.06. The lowest BCUT2D eigenvalue weighted by atomic mass is 10.2. The van der Waals surface area contributed by atoms with Crippen LogP contribution in [0.3, 0.4) is 0 Å². The molecule has 2 rings (SSSR count). The van der Waals surface area contributed by atoms with Crippen molar-refractivity contribution in [2.45, 2.75) is 20.8 Å². The number of hydrogen-bond acceptors (Lipinski definition) is 1. The summed E-state index contributed by atoms with van der Waals surface area (Å²) in [6, 6.07) is 6.06. The summed E-state index contributed by atoms with van der Waals surface area (Å²) >= 11 is 0. The maximum atomic E-state index is 5.20. The molecular formula is C10H15NO. The zero-order chi connectivity index (χ0) is 9.14. The fraction of sp³-hybridized carbons (Fsp3) is 0.400. The number of aryl methyl sites for hydroxylation is 2. The van der Waals surface area contributed by atoms with Crippen LogP contribution in [-0.2, 0) is 7.05 Å². The van der Waals surface area contributed by atoms with Gasteiger partial charge in [-0.2, -0.15) is 0 Å². The number of fused-ring (bicyclic) bond motifs is 1. The van der Waals surface area contributed by atoms with Crippen LogP contribution in [-0.4, -0.2) is 4.74 Å². The third-order valence-corrected chi connectivity index (χ3v) is 1.75. The summed E-state index contributed by atoms with van der Waals surface area (Å²) in [4.78, 5) is 0. The SMILES string of the molecule is CC.Cc1cccc2on(C)c12. The van der Waals surface area contributed by atoms with Crippen molar-refractivity contribution in [2.24, 2.45) is 7.05 Å². The van der Waals surface area contributed by atoms with Crippen molar-refractivity contribution >= 4 is 11.1 Å². The molecule has 2 heteroatoms. The fourth-order valence-corrected chi connectivity index (χ4v) is 1.26. The molecule has 0 fully saturated rings. The maximum absolute atomic E-state index is 5.20. The van der Waals surface area contributed by atoms with Crippen molar-refractivity contribution in [2.75, 3.05) is 0 Å². The highest BCUT2D eigenvalue weighted by Gasteiger charge is 2.05. The molecule has 0 atom stereocenters. The van der Waals surface area contributed by atoms with Crippen molar-refractivity contribution in [3.63, 3.8) is 0 Å². The molecule has 1 aromatic carbocycles. The minimum Gasteiger partial charge on any atom is -0.377 e. The molecule has 0 aliphatic carbocycles. The molecule has 0 saturated heterocycles. The summed E-state index contributed by atoms with van der Waals surface area (Å²) in [6.45, 7) is 6.08. The molecule has 12 heavy (non-hydrogen) atoms. The van der Waals surface area contributed by atoms with Crippen LogP contribution in [0.5, 0.6) is 0 Å². The highest BCUT2D eigenvalue weighted by atomic mass is 16.5. The summed E-state index contributed by atoms with van der Waals surface area (Å²) in [7, 11) is 1.91. The molecule has 2 aromatic rings. The van der Waals surface area contributed by atoms with Gasteiger partial charge in [0.15, 0.2) is 5.58 Å². The molecule has 2 nitrogen and oxygen atoms in total. The van der Waals surface area contributed by atoms with Gasteiger partial charge in [-0.3, -0.25) is 0 Å². The molecule has 1 aromatic heterocycles. The number of hydrogen-bond donors (Lipinski definition) is 0. The van der Waals surface area contributed by atoms with Crippen molar-refractivity contribution in [1.82, 2.24) is 4.74 Å². The minimum atomic E-state index is 0.988. The van der Waals surface area contributed by atoms with E-state index in [2.05, 4.69) is 13.0 Å². The first-order valence-electron chi connectivity index (χ1n) is 4.30. The quantitative estimate of drug-likeness (QED) is 0.586. The van der Waals surface area contributed by atoms with Gasteiger partial charge in [-0.15, -0.1) is 0 Å². The van der Waals surface area contributed by atoms with Crippen LogP contribution in [0.4, 0.5) is 0 Å². The van der Waals surface area contributed by atoms with Gasteiger partial charge in [0, 0.05) is 7.05 Å². The number of para-hydroxylation sites is 1. The van der Waals surface area contributed by atoms with E-state index in [0.717, 1.165) is 5.58 Å². The molecule has 0 spiro atoms. The monoisotopic (exact) mass is 165 g/mol. The molecule has 0 amide bonds. The molecule has 66 valence electrons. The van der Waals surface area contributed by atoms with Crippen molar-refractivity contribution in [1.29, 1.82) is 0 Å². The molecule has 0 unspecified atom stereocenters. The van der Waals surface area contributed by atoms with Crippen LogP contribution >= 0.6 is 0 Å². The van der Waals surface area contributed by atoms with Crippen LogP contribution < -0.4 is 0 Å². The lowest BCUT2D eigenvalue weighted by molar-refractivity contribution is 0.305. The first kappa shape index (κ1) is 8.91. The summed E-state index contributed by atoms with van der Waals surface area (Å²) < 4.78 is 6.98. The lowest BCUT2D eigenvalue weighted by Crippen LogP contribution is -1.99. The highest BCUT2D eigenvalue weighted by Crippen LogP contribution is 2.20. The van der Waals surface area contributed by atoms with Gasteiger partial charge in [-0.1, -0.05) is 26.0 Å². The molecule has 0 bridgehead atoms. The van der Waals surface area contributed by atoms with E-state index in [1.807, 2.05) is 33.0 Å². The number of benzene rings is 1. The Morgan fingerprint density at radius 3 is 2.33 bits per heavy atom. The van der Waals surface area contributed by atoms with E-state index >= 15 is 0 Å². The maximum Gasteiger partial charge on any atom is 0.182 e. The van der Waals surface area contributed by atoms with E-state index in [1.54, 1.807) is 4.74 Å². The Kier molecular flexibility index (Phi) is 2.58. The average molecular weight is 165 g/mol. The zero-order valence-electron chi connectivity index (χ0n) is 8.09. The second-order valence-corrected chi connectivity index (χ2v) is 2.51. The standard InChI is InChI=1S/C8H9NO.C2H6/c1-6-4-3-5-7-8(6)9(2)10-7;1-2/h3-5H,1-2H3;1-2H3. The largest absolute Gasteiger partial charge is 0.377 e. The van der Waals surface area contributed by atoms with Crippen molar-refractivity contribution in [3.05, 3.63) is 23.8 Å². The summed E-state index contributed by atoms with van der Waals surface area (Å²) in [5.41, 5.74) is 3.47. The summed E-state index contributed by atoms with van der Waals surface area (Å²) in [5.74, 6) is 0. The number of nitrogens with zero attached hydrogens (tertiary/aromatic N) is 1. The number of aromatic nitrogens is 1. The molecule has 1 heterocycles. The Morgan fingerprint density at radius 2 is 1.92 bits per heavy atom. The Bertz CT molecular complexity index is 357. The Morgan fingerprint density at radius 1 is 1.25 bits per heavy atom. The van der Waals surface area contributed by atoms with E-state index in [0.29, 0.717) is 0 Å². The number of rotatable bonds is 0. The third kappa shape index (κ3) is 1.24. The van der Waals surface area contributed by atoms with Gasteiger partial charge in [0.1, 0.15) is 5.52 Å². The van der Waals surface area contributed by atoms with Gasteiger partial charge in [-0.05, 0) is 18.6 Å². The molecule has 0 radical (unpaired) electrons. The zero-order valence-corrected chi connectivity index (χ0v) is 8.09. The normalized spacial score (nSPS) is 9.67. The van der Waals surface area contributed by atoms with Crippen LogP contribution in [0.1, 0.15) is 19.4 Å². The summed E-state index contributed by atoms with van der Waals surface area (Å²) in [6.07, 6.45) is 0. The van der Waals surface area contributed by atoms with Gasteiger partial charge in [0.05, 0.1) is 0 Å². The second-order valence-electron chi connectivity index (χ2n) is 2.51. The Labute approximate surface area is 72.7 Å². The molecule has 0 aliphatic heterocycles. The van der Waals surface area contributed by atoms with E-state index in [9.17, 15) is 0 Å². The van der Waals surface area contributed by atoms with E-state index in [-0.39, 0.29) is 0 Å². The van der Waals surface area contributed by atoms with Gasteiger partial charge >= 0.3 is 0 Å². The van der Waals surface area contributed by atoms with E-state index in [4.69, 9.17) is 4.52 Å². The van der Waals surface area contributed by atoms with Crippen LogP contribution in [0.15, 0.2) is 22.7 Å². The third-order valence-electron chi connectivity index (χ3n) is 1.75. The van der Waals surface area contributed by atoms with Crippen molar-refractivity contribution in [3.8, 4) is 0 Å². The smallest absolute Gasteiger partial charge is 0.182 e. The van der Waals surface area contributed by atoms with Crippen LogP contribution in [0.25, 0.3) is 11.1 Å². The predicted octanol–water partition coefficient (Wildman–Crippen LogP) is 3.11. The molecule has 0 N–H and O–H groups in total. The first-order chi connectivity index (χ1) is 5.79. The fourth-order valence-electron chi connectivity index (χ4n) is 1.26. The molecular weight excluding hydrogens is 150 g/mol. The van der Waals surface area contributed by atoms with Gasteiger partial charge in [0.25, 0.3) is 0 Å². The van der Waals surface area contributed by atoms with E-state index < -0.39 is 0 Å². The second kappa shape index (κ2) is 3.48. The Balaban J connectivity index is 0.000000336. The summed E-state index contributed by atoms with van der Waals surface area (Å²) in [5, 5.41) is 0. The minimum absolute atomic E-state index is 0.988. The predicted molar refractivity (Wildman–Crippen MR) is 51.3 cm³/mol. The molecule has 0 saturated carbocycles. The highest BCUT2D eigenvalue weighted by molar-refractivity contribution is 5.77. The lowest BCUT2D eigenvalue weighted by Gasteiger charge is -2.10. The van der Waals surface area contributed by atoms with Gasteiger partial charge in [0.2, 0.25) is 0 Å². The Hall–Kier alpha value is -1.18. The van der Waals surface area contributed by atoms with Crippen LogP contribution in [0, 0.1) is 6.92 Å². The van der Waals surface area contributed by atoms with Gasteiger partial charge in [-0.25, -0.2) is 4.74 Å². The van der Waals surface area contributed by atoms with Crippen LogP contribution in [0.2, 0.25) is 0 Å². The topological polar surface area (TPSA) is 18.1 Å². The first-order valence-corrected chi connectivity index (χ1v) is 4.30.